The number of nitrogens with zero attached hydrogens (tertiary/aromatic N) is 1. The number of sulfonamides is 1. The molecule has 14 heavy (non-hydrogen) atoms. The number of rotatable bonds is 1. The maximum Gasteiger partial charge on any atom is 0.285 e. The molecule has 1 aliphatic heterocycles. The van der Waals surface area contributed by atoms with Crippen molar-refractivity contribution in [2.24, 2.45) is 10.1 Å². The maximum absolute atomic E-state index is 11.6. The van der Waals surface area contributed by atoms with E-state index in [1.807, 2.05) is 6.92 Å². The molecule has 74 valence electrons. The Hall–Kier alpha value is -1.36. The lowest BCUT2D eigenvalue weighted by Crippen LogP contribution is -2.10. The van der Waals surface area contributed by atoms with Gasteiger partial charge in [0.25, 0.3) is 10.0 Å². The van der Waals surface area contributed by atoms with E-state index in [1.165, 1.54) is 0 Å². The standard InChI is InChI=1S/C9H10N2O2S/c1-2-6-4-3-5-7-8(6)14(12,13)11-9(7)10/h3-5H,2H2,1H3,(H2,10,11). The second kappa shape index (κ2) is 2.81. The molecular weight excluding hydrogens is 200 g/mol. The number of hydrogen-bond acceptors (Lipinski definition) is 3. The van der Waals surface area contributed by atoms with Gasteiger partial charge in [0.15, 0.2) is 0 Å². The Kier molecular flexibility index (Phi) is 1.85. The van der Waals surface area contributed by atoms with Gasteiger partial charge in [-0.2, -0.15) is 8.42 Å². The minimum Gasteiger partial charge on any atom is -0.382 e. The molecule has 2 rings (SSSR count). The number of amidine groups is 1. The summed E-state index contributed by atoms with van der Waals surface area (Å²) in [6.45, 7) is 1.90. The van der Waals surface area contributed by atoms with Gasteiger partial charge in [0.1, 0.15) is 10.7 Å². The molecule has 0 atom stereocenters. The van der Waals surface area contributed by atoms with Gasteiger partial charge in [-0.3, -0.25) is 0 Å². The van der Waals surface area contributed by atoms with Crippen molar-refractivity contribution >= 4 is 15.9 Å². The fourth-order valence-corrected chi connectivity index (χ4v) is 3.04. The summed E-state index contributed by atoms with van der Waals surface area (Å²) >= 11 is 0. The van der Waals surface area contributed by atoms with Crippen LogP contribution in [0.2, 0.25) is 0 Å². The predicted octanol–water partition coefficient (Wildman–Crippen LogP) is 0.657. The van der Waals surface area contributed by atoms with Crippen LogP contribution in [0.3, 0.4) is 0 Å². The molecule has 0 spiro atoms. The van der Waals surface area contributed by atoms with Gasteiger partial charge in [-0.05, 0) is 18.1 Å². The van der Waals surface area contributed by atoms with Crippen LogP contribution in [0.15, 0.2) is 27.5 Å². The molecule has 1 aliphatic rings. The van der Waals surface area contributed by atoms with Crippen LogP contribution < -0.4 is 5.73 Å². The van der Waals surface area contributed by atoms with E-state index in [9.17, 15) is 8.42 Å². The highest BCUT2D eigenvalue weighted by Crippen LogP contribution is 2.28. The summed E-state index contributed by atoms with van der Waals surface area (Å²) in [5, 5.41) is 0. The van der Waals surface area contributed by atoms with Gasteiger partial charge in [0, 0.05) is 5.56 Å². The highest BCUT2D eigenvalue weighted by Gasteiger charge is 2.29. The Labute approximate surface area is 82.5 Å². The van der Waals surface area contributed by atoms with Crippen molar-refractivity contribution < 1.29 is 8.42 Å². The Morgan fingerprint density at radius 1 is 1.43 bits per heavy atom. The summed E-state index contributed by atoms with van der Waals surface area (Å²) in [7, 11) is -3.53. The largest absolute Gasteiger partial charge is 0.382 e. The molecule has 1 aromatic carbocycles. The molecule has 0 bridgehead atoms. The zero-order valence-electron chi connectivity index (χ0n) is 7.69. The van der Waals surface area contributed by atoms with Gasteiger partial charge >= 0.3 is 0 Å². The first kappa shape index (κ1) is 9.21. The van der Waals surface area contributed by atoms with Crippen LogP contribution in [0.25, 0.3) is 0 Å². The van der Waals surface area contributed by atoms with Crippen molar-refractivity contribution in [3.63, 3.8) is 0 Å². The Morgan fingerprint density at radius 2 is 2.14 bits per heavy atom. The Bertz CT molecular complexity index is 518. The van der Waals surface area contributed by atoms with Crippen molar-refractivity contribution in [1.82, 2.24) is 0 Å². The quantitative estimate of drug-likeness (QED) is 0.740. The van der Waals surface area contributed by atoms with E-state index < -0.39 is 10.0 Å². The maximum atomic E-state index is 11.6. The van der Waals surface area contributed by atoms with Crippen LogP contribution in [0, 0.1) is 0 Å². The topological polar surface area (TPSA) is 72.5 Å². The predicted molar refractivity (Wildman–Crippen MR) is 53.7 cm³/mol. The van der Waals surface area contributed by atoms with E-state index in [2.05, 4.69) is 4.40 Å². The molecule has 1 heterocycles. The van der Waals surface area contributed by atoms with E-state index >= 15 is 0 Å². The first-order valence-electron chi connectivity index (χ1n) is 4.29. The highest BCUT2D eigenvalue weighted by atomic mass is 32.2. The summed E-state index contributed by atoms with van der Waals surface area (Å²) < 4.78 is 26.6. The molecule has 0 saturated carbocycles. The van der Waals surface area contributed by atoms with Crippen LogP contribution in [-0.2, 0) is 16.4 Å². The third-order valence-electron chi connectivity index (χ3n) is 2.23. The normalized spacial score (nSPS) is 17.6. The number of hydrogen-bond donors (Lipinski definition) is 1. The van der Waals surface area contributed by atoms with Crippen LogP contribution >= 0.6 is 0 Å². The van der Waals surface area contributed by atoms with Gasteiger partial charge in [-0.1, -0.05) is 19.1 Å². The number of nitrogens with two attached hydrogens (primary N) is 1. The van der Waals surface area contributed by atoms with E-state index in [-0.39, 0.29) is 10.7 Å². The number of aryl methyl sites for hydroxylation is 1. The van der Waals surface area contributed by atoms with E-state index in [0.717, 1.165) is 5.56 Å². The average molecular weight is 210 g/mol. The smallest absolute Gasteiger partial charge is 0.285 e. The molecule has 2 N–H and O–H groups in total. The molecule has 0 radical (unpaired) electrons. The van der Waals surface area contributed by atoms with Gasteiger partial charge in [-0.25, -0.2) is 0 Å². The molecule has 0 aliphatic carbocycles. The fraction of sp³-hybridized carbons (Fsp3) is 0.222. The van der Waals surface area contributed by atoms with Gasteiger partial charge < -0.3 is 5.73 Å². The van der Waals surface area contributed by atoms with Crippen LogP contribution in [0.5, 0.6) is 0 Å². The Balaban J connectivity index is 2.83. The lowest BCUT2D eigenvalue weighted by molar-refractivity contribution is 0.598. The molecule has 0 unspecified atom stereocenters. The summed E-state index contributed by atoms with van der Waals surface area (Å²) in [5.41, 5.74) is 6.82. The SMILES string of the molecule is CCc1cccc2c1S(=O)(=O)N=C2N. The molecule has 5 heteroatoms. The first-order chi connectivity index (χ1) is 6.56. The van der Waals surface area contributed by atoms with Crippen molar-refractivity contribution in [1.29, 1.82) is 0 Å². The minimum atomic E-state index is -3.53. The second-order valence-electron chi connectivity index (χ2n) is 3.10. The van der Waals surface area contributed by atoms with Gasteiger partial charge in [-0.15, -0.1) is 4.40 Å². The van der Waals surface area contributed by atoms with Gasteiger partial charge in [0.05, 0.1) is 0 Å². The average Bonchev–Trinajstić information content (AvgIpc) is 2.38. The van der Waals surface area contributed by atoms with E-state index in [4.69, 9.17) is 5.73 Å². The molecular formula is C9H10N2O2S. The minimum absolute atomic E-state index is 0.0929. The molecule has 0 saturated heterocycles. The fourth-order valence-electron chi connectivity index (χ4n) is 1.59. The van der Waals surface area contributed by atoms with Crippen LogP contribution in [-0.4, -0.2) is 14.3 Å². The molecule has 0 fully saturated rings. The van der Waals surface area contributed by atoms with Crippen LogP contribution in [0.4, 0.5) is 0 Å². The summed E-state index contributed by atoms with van der Waals surface area (Å²) in [6.07, 6.45) is 0.658. The monoisotopic (exact) mass is 210 g/mol. The third kappa shape index (κ3) is 1.13. The van der Waals surface area contributed by atoms with E-state index in [1.54, 1.807) is 18.2 Å². The van der Waals surface area contributed by atoms with Crippen molar-refractivity contribution in [2.75, 3.05) is 0 Å². The highest BCUT2D eigenvalue weighted by molar-refractivity contribution is 7.90. The summed E-state index contributed by atoms with van der Waals surface area (Å²) in [5.74, 6) is 0.0929. The van der Waals surface area contributed by atoms with Gasteiger partial charge in [0.2, 0.25) is 0 Å². The Morgan fingerprint density at radius 3 is 2.79 bits per heavy atom. The zero-order chi connectivity index (χ0) is 10.3. The number of benzene rings is 1. The lowest BCUT2D eigenvalue weighted by Gasteiger charge is -2.03. The second-order valence-corrected chi connectivity index (χ2v) is 4.64. The summed E-state index contributed by atoms with van der Waals surface area (Å²) in [4.78, 5) is 0.278. The van der Waals surface area contributed by atoms with E-state index in [0.29, 0.717) is 12.0 Å². The first-order valence-corrected chi connectivity index (χ1v) is 5.73. The van der Waals surface area contributed by atoms with Crippen molar-refractivity contribution in [3.8, 4) is 0 Å². The van der Waals surface area contributed by atoms with Crippen LogP contribution in [0.1, 0.15) is 18.1 Å². The molecule has 0 amide bonds. The van der Waals surface area contributed by atoms with Crippen molar-refractivity contribution in [2.45, 2.75) is 18.2 Å². The number of fused-ring (bicyclic) bond motifs is 1. The summed E-state index contributed by atoms with van der Waals surface area (Å²) in [6, 6.07) is 5.25. The molecule has 0 aromatic heterocycles. The molecule has 4 nitrogen and oxygen atoms in total. The lowest BCUT2D eigenvalue weighted by atomic mass is 10.1. The zero-order valence-corrected chi connectivity index (χ0v) is 8.50. The molecule has 1 aromatic rings. The van der Waals surface area contributed by atoms with Crippen molar-refractivity contribution in [3.05, 3.63) is 29.3 Å². The third-order valence-corrected chi connectivity index (χ3v) is 3.66.